The van der Waals surface area contributed by atoms with Crippen LogP contribution in [0.4, 0.5) is 18.9 Å². The van der Waals surface area contributed by atoms with Gasteiger partial charge in [0.25, 0.3) is 0 Å². The highest BCUT2D eigenvalue weighted by atomic mass is 19.4. The van der Waals surface area contributed by atoms with E-state index in [9.17, 15) is 29.0 Å². The first-order valence-electron chi connectivity index (χ1n) is 13.9. The molecular weight excluding hydrogens is 513 g/mol. The van der Waals surface area contributed by atoms with E-state index in [1.54, 1.807) is 36.4 Å². The van der Waals surface area contributed by atoms with Gasteiger partial charge in [-0.05, 0) is 54.3 Å². The standard InChI is InChI=1S/C32H35F3N4O/c1-4-6-8-10-16-39(17-11-9-7-5-2)27-15-14-23-18-25(13-12-24(23)19-27)29-28(22-38)30(26(20-36)21-37)40-31(29,3)32(33,34)35/h12-15,18-19H,4-11,16-17H2,1-3H3. The number of unbranched alkanes of at least 4 members (excludes halogenated alkanes) is 6. The second-order valence-electron chi connectivity index (χ2n) is 10.3. The minimum absolute atomic E-state index is 0.151. The van der Waals surface area contributed by atoms with Crippen LogP contribution >= 0.6 is 0 Å². The number of ether oxygens (including phenoxy) is 1. The normalized spacial score (nSPS) is 16.8. The zero-order chi connectivity index (χ0) is 29.3. The van der Waals surface area contributed by atoms with Gasteiger partial charge in [-0.1, -0.05) is 70.6 Å². The lowest BCUT2D eigenvalue weighted by Gasteiger charge is -2.30. The first-order chi connectivity index (χ1) is 19.1. The van der Waals surface area contributed by atoms with Crippen molar-refractivity contribution in [1.82, 2.24) is 0 Å². The molecule has 40 heavy (non-hydrogen) atoms. The molecule has 0 bridgehead atoms. The van der Waals surface area contributed by atoms with Gasteiger partial charge < -0.3 is 9.64 Å². The van der Waals surface area contributed by atoms with Gasteiger partial charge in [0.05, 0.1) is 0 Å². The average molecular weight is 549 g/mol. The lowest BCUT2D eigenvalue weighted by atomic mass is 9.86. The van der Waals surface area contributed by atoms with Gasteiger partial charge in [-0.15, -0.1) is 0 Å². The Morgan fingerprint density at radius 3 is 1.95 bits per heavy atom. The largest absolute Gasteiger partial charge is 0.470 e. The molecule has 5 nitrogen and oxygen atoms in total. The van der Waals surface area contributed by atoms with E-state index in [1.165, 1.54) is 38.5 Å². The molecule has 0 aromatic heterocycles. The van der Waals surface area contributed by atoms with Crippen molar-refractivity contribution in [2.24, 2.45) is 0 Å². The Hall–Kier alpha value is -3.96. The maximum absolute atomic E-state index is 14.3. The minimum Gasteiger partial charge on any atom is -0.470 e. The summed E-state index contributed by atoms with van der Waals surface area (Å²) in [5.74, 6) is -0.639. The molecule has 0 amide bonds. The van der Waals surface area contributed by atoms with Crippen molar-refractivity contribution < 1.29 is 17.9 Å². The minimum atomic E-state index is -4.91. The SMILES string of the molecule is CCCCCCN(CCCCCC)c1ccc2cc(C3=C(C#N)C(=C(C#N)C#N)OC3(C)C(F)(F)F)ccc2c1. The maximum Gasteiger partial charge on any atom is 0.432 e. The van der Waals surface area contributed by atoms with Crippen molar-refractivity contribution in [2.75, 3.05) is 18.0 Å². The third-order valence-electron chi connectivity index (χ3n) is 7.40. The van der Waals surface area contributed by atoms with Crippen LogP contribution in [0.3, 0.4) is 0 Å². The molecule has 0 fully saturated rings. The van der Waals surface area contributed by atoms with Gasteiger partial charge in [-0.2, -0.15) is 29.0 Å². The van der Waals surface area contributed by atoms with Crippen LogP contribution in [0.5, 0.6) is 0 Å². The number of anilines is 1. The number of fused-ring (bicyclic) bond motifs is 1. The van der Waals surface area contributed by atoms with Gasteiger partial charge in [-0.3, -0.25) is 0 Å². The molecule has 2 aromatic rings. The molecule has 0 spiro atoms. The number of hydrogen-bond donors (Lipinski definition) is 0. The summed E-state index contributed by atoms with van der Waals surface area (Å²) >= 11 is 0. The van der Waals surface area contributed by atoms with Crippen molar-refractivity contribution >= 4 is 22.0 Å². The van der Waals surface area contributed by atoms with E-state index >= 15 is 0 Å². The molecule has 0 saturated carbocycles. The van der Waals surface area contributed by atoms with Gasteiger partial charge in [0.15, 0.2) is 11.3 Å². The number of benzene rings is 2. The fraction of sp³-hybridized carbons (Fsp3) is 0.469. The Morgan fingerprint density at radius 2 is 1.43 bits per heavy atom. The smallest absolute Gasteiger partial charge is 0.432 e. The zero-order valence-corrected chi connectivity index (χ0v) is 23.4. The van der Waals surface area contributed by atoms with Crippen LogP contribution in [0.1, 0.15) is 77.7 Å². The molecule has 8 heteroatoms. The summed E-state index contributed by atoms with van der Waals surface area (Å²) < 4.78 is 48.2. The molecule has 0 aliphatic carbocycles. The highest BCUT2D eigenvalue weighted by Crippen LogP contribution is 2.53. The summed E-state index contributed by atoms with van der Waals surface area (Å²) in [4.78, 5) is 2.39. The lowest BCUT2D eigenvalue weighted by Crippen LogP contribution is -2.43. The molecule has 2 aromatic carbocycles. The van der Waals surface area contributed by atoms with Crippen LogP contribution in [0.15, 0.2) is 53.3 Å². The molecule has 1 unspecified atom stereocenters. The molecule has 1 heterocycles. The Labute approximate surface area is 234 Å². The molecule has 1 atom stereocenters. The third-order valence-corrected chi connectivity index (χ3v) is 7.40. The van der Waals surface area contributed by atoms with Crippen LogP contribution in [0.25, 0.3) is 16.3 Å². The van der Waals surface area contributed by atoms with E-state index in [0.717, 1.165) is 43.9 Å². The monoisotopic (exact) mass is 548 g/mol. The quantitative estimate of drug-likeness (QED) is 0.196. The fourth-order valence-electron chi connectivity index (χ4n) is 5.10. The summed E-state index contributed by atoms with van der Waals surface area (Å²) in [5.41, 5.74) is -3.21. The Balaban J connectivity index is 2.05. The van der Waals surface area contributed by atoms with Crippen molar-refractivity contribution in [3.05, 3.63) is 58.9 Å². The molecule has 1 aliphatic heterocycles. The van der Waals surface area contributed by atoms with E-state index in [2.05, 4.69) is 24.8 Å². The van der Waals surface area contributed by atoms with Crippen molar-refractivity contribution in [3.63, 3.8) is 0 Å². The van der Waals surface area contributed by atoms with E-state index in [0.29, 0.717) is 5.39 Å². The fourth-order valence-corrected chi connectivity index (χ4v) is 5.10. The highest BCUT2D eigenvalue weighted by molar-refractivity contribution is 5.92. The molecule has 0 radical (unpaired) electrons. The number of allylic oxidation sites excluding steroid dienone is 2. The molecule has 0 saturated heterocycles. The van der Waals surface area contributed by atoms with Gasteiger partial charge in [0.2, 0.25) is 5.60 Å². The molecule has 3 rings (SSSR count). The highest BCUT2D eigenvalue weighted by Gasteiger charge is 2.61. The van der Waals surface area contributed by atoms with Crippen LogP contribution < -0.4 is 4.90 Å². The van der Waals surface area contributed by atoms with Crippen molar-refractivity contribution in [1.29, 1.82) is 15.8 Å². The second kappa shape index (κ2) is 13.4. The summed E-state index contributed by atoms with van der Waals surface area (Å²) in [6.45, 7) is 7.10. The first kappa shape index (κ1) is 30.6. The van der Waals surface area contributed by atoms with Crippen LogP contribution in [-0.2, 0) is 4.74 Å². The van der Waals surface area contributed by atoms with Crippen molar-refractivity contribution in [3.8, 4) is 18.2 Å². The molecular formula is C32H35F3N4O. The Bertz CT molecular complexity index is 1380. The first-order valence-corrected chi connectivity index (χ1v) is 13.9. The Morgan fingerprint density at radius 1 is 0.850 bits per heavy atom. The molecule has 0 N–H and O–H groups in total. The lowest BCUT2D eigenvalue weighted by molar-refractivity contribution is -0.229. The van der Waals surface area contributed by atoms with E-state index < -0.39 is 34.3 Å². The predicted octanol–water partition coefficient (Wildman–Crippen LogP) is 8.74. The van der Waals surface area contributed by atoms with Crippen LogP contribution in [0.2, 0.25) is 0 Å². The van der Waals surface area contributed by atoms with E-state index in [4.69, 9.17) is 4.74 Å². The maximum atomic E-state index is 14.3. The third kappa shape index (κ3) is 6.43. The molecule has 1 aliphatic rings. The van der Waals surface area contributed by atoms with Crippen molar-refractivity contribution in [2.45, 2.75) is 83.9 Å². The average Bonchev–Trinajstić information content (AvgIpc) is 3.25. The summed E-state index contributed by atoms with van der Waals surface area (Å²) in [7, 11) is 0. The van der Waals surface area contributed by atoms with E-state index in [-0.39, 0.29) is 5.56 Å². The second-order valence-corrected chi connectivity index (χ2v) is 10.3. The number of halogens is 3. The van der Waals surface area contributed by atoms with Gasteiger partial charge in [0.1, 0.15) is 23.8 Å². The number of nitriles is 3. The topological polar surface area (TPSA) is 83.8 Å². The number of nitrogens with zero attached hydrogens (tertiary/aromatic N) is 4. The van der Waals surface area contributed by atoms with Gasteiger partial charge in [0, 0.05) is 24.4 Å². The van der Waals surface area contributed by atoms with Gasteiger partial charge >= 0.3 is 6.18 Å². The summed E-state index contributed by atoms with van der Waals surface area (Å²) in [5, 5.41) is 29.9. The van der Waals surface area contributed by atoms with E-state index in [1.807, 2.05) is 12.1 Å². The molecule has 210 valence electrons. The summed E-state index contributed by atoms with van der Waals surface area (Å²) in [6, 6.07) is 15.7. The number of rotatable bonds is 12. The zero-order valence-electron chi connectivity index (χ0n) is 23.4. The number of hydrogen-bond acceptors (Lipinski definition) is 5. The summed E-state index contributed by atoms with van der Waals surface area (Å²) in [6.07, 6.45) is 4.38. The number of alkyl halides is 3. The Kier molecular flexibility index (Phi) is 10.2. The van der Waals surface area contributed by atoms with Crippen LogP contribution in [0, 0.1) is 34.0 Å². The predicted molar refractivity (Wildman–Crippen MR) is 151 cm³/mol. The van der Waals surface area contributed by atoms with Crippen LogP contribution in [-0.4, -0.2) is 24.9 Å². The van der Waals surface area contributed by atoms with Gasteiger partial charge in [-0.25, -0.2) is 0 Å².